The minimum Gasteiger partial charge on any atom is -0.340 e. The number of hydrogen-bond donors (Lipinski definition) is 3. The van der Waals surface area contributed by atoms with Gasteiger partial charge in [-0.2, -0.15) is 0 Å². The number of rotatable bonds is 6. The third-order valence-corrected chi connectivity index (χ3v) is 5.44. The van der Waals surface area contributed by atoms with Crippen molar-refractivity contribution in [1.29, 1.82) is 0 Å². The second kappa shape index (κ2) is 9.43. The molecule has 1 aromatic heterocycles. The van der Waals surface area contributed by atoms with Crippen LogP contribution in [0.4, 0.5) is 5.69 Å². The molecule has 0 spiro atoms. The molecular formula is C25H23N3O4. The van der Waals surface area contributed by atoms with Crippen molar-refractivity contribution in [3.05, 3.63) is 99.5 Å². The highest BCUT2D eigenvalue weighted by molar-refractivity contribution is 6.04. The lowest BCUT2D eigenvalue weighted by Crippen LogP contribution is -2.46. The fourth-order valence-electron chi connectivity index (χ4n) is 3.79. The standard InChI is InChI=1S/C25H23N3O4/c29-22-13-7-12-20-18(22)15-19(23(30)27-20)24(31)28-21(14-16-8-3-1-4-9-16)25(32)26-17-10-5-2-6-11-17/h1-6,8-11,15,21H,7,12-14H2,(H,26,32)(H,27,30)(H,28,31). The van der Waals surface area contributed by atoms with Gasteiger partial charge in [0.15, 0.2) is 5.78 Å². The molecule has 2 aromatic carbocycles. The van der Waals surface area contributed by atoms with E-state index in [1.807, 2.05) is 36.4 Å². The van der Waals surface area contributed by atoms with Crippen LogP contribution >= 0.6 is 0 Å². The number of aryl methyl sites for hydroxylation is 1. The van der Waals surface area contributed by atoms with Crippen molar-refractivity contribution in [2.75, 3.05) is 5.32 Å². The van der Waals surface area contributed by atoms with Gasteiger partial charge in [0.2, 0.25) is 5.91 Å². The molecule has 32 heavy (non-hydrogen) atoms. The van der Waals surface area contributed by atoms with Crippen LogP contribution in [0, 0.1) is 0 Å². The van der Waals surface area contributed by atoms with Crippen LogP contribution in [0.25, 0.3) is 0 Å². The molecule has 1 atom stereocenters. The summed E-state index contributed by atoms with van der Waals surface area (Å²) in [5, 5.41) is 5.48. The maximum absolute atomic E-state index is 13.0. The number of benzene rings is 2. The molecule has 3 aromatic rings. The van der Waals surface area contributed by atoms with Crippen molar-refractivity contribution >= 4 is 23.3 Å². The number of amides is 2. The predicted octanol–water partition coefficient (Wildman–Crippen LogP) is 2.87. The predicted molar refractivity (Wildman–Crippen MR) is 121 cm³/mol. The zero-order valence-corrected chi connectivity index (χ0v) is 17.4. The molecule has 0 saturated heterocycles. The number of aromatic nitrogens is 1. The lowest BCUT2D eigenvalue weighted by atomic mass is 9.93. The Kier molecular flexibility index (Phi) is 6.26. The SMILES string of the molecule is O=C1CCCc2[nH]c(=O)c(C(=O)NC(Cc3ccccc3)C(=O)Nc3ccccc3)cc21. The van der Waals surface area contributed by atoms with Crippen molar-refractivity contribution in [2.45, 2.75) is 31.7 Å². The molecule has 3 N–H and O–H groups in total. The number of anilines is 1. The number of carbonyl (C=O) groups excluding carboxylic acids is 3. The van der Waals surface area contributed by atoms with Gasteiger partial charge in [-0.25, -0.2) is 0 Å². The Hall–Kier alpha value is -4.00. The van der Waals surface area contributed by atoms with Gasteiger partial charge in [-0.1, -0.05) is 48.5 Å². The van der Waals surface area contributed by atoms with Gasteiger partial charge in [0.1, 0.15) is 11.6 Å². The second-order valence-corrected chi connectivity index (χ2v) is 7.75. The first-order valence-electron chi connectivity index (χ1n) is 10.5. The summed E-state index contributed by atoms with van der Waals surface area (Å²) in [7, 11) is 0. The Morgan fingerprint density at radius 1 is 0.938 bits per heavy atom. The highest BCUT2D eigenvalue weighted by atomic mass is 16.2. The van der Waals surface area contributed by atoms with E-state index in [0.717, 1.165) is 5.56 Å². The van der Waals surface area contributed by atoms with E-state index in [-0.39, 0.29) is 17.8 Å². The van der Waals surface area contributed by atoms with Crippen LogP contribution in [0.1, 0.15) is 44.8 Å². The van der Waals surface area contributed by atoms with Crippen molar-refractivity contribution in [3.63, 3.8) is 0 Å². The topological polar surface area (TPSA) is 108 Å². The summed E-state index contributed by atoms with van der Waals surface area (Å²) in [5.41, 5.74) is 1.64. The number of pyridine rings is 1. The average Bonchev–Trinajstić information content (AvgIpc) is 2.79. The van der Waals surface area contributed by atoms with Gasteiger partial charge < -0.3 is 15.6 Å². The minimum atomic E-state index is -0.920. The number of nitrogens with one attached hydrogen (secondary N) is 3. The molecule has 2 amide bonds. The molecule has 0 saturated carbocycles. The first kappa shape index (κ1) is 21.2. The molecule has 0 aliphatic heterocycles. The Labute approximate surface area is 184 Å². The van der Waals surface area contributed by atoms with Crippen LogP contribution < -0.4 is 16.2 Å². The third-order valence-electron chi connectivity index (χ3n) is 5.44. The number of hydrogen-bond acceptors (Lipinski definition) is 4. The first-order chi connectivity index (χ1) is 15.5. The normalized spacial score (nSPS) is 13.7. The lowest BCUT2D eigenvalue weighted by Gasteiger charge is -2.20. The van der Waals surface area contributed by atoms with Gasteiger partial charge in [0, 0.05) is 29.8 Å². The Balaban J connectivity index is 1.59. The summed E-state index contributed by atoms with van der Waals surface area (Å²) in [6.45, 7) is 0. The number of H-pyrrole nitrogens is 1. The average molecular weight is 429 g/mol. The number of para-hydroxylation sites is 1. The van der Waals surface area contributed by atoms with Crippen LogP contribution in [0.2, 0.25) is 0 Å². The number of carbonyl (C=O) groups is 3. The zero-order chi connectivity index (χ0) is 22.5. The van der Waals surface area contributed by atoms with Crippen molar-refractivity contribution in [3.8, 4) is 0 Å². The Morgan fingerprint density at radius 2 is 1.62 bits per heavy atom. The fourth-order valence-corrected chi connectivity index (χ4v) is 3.79. The second-order valence-electron chi connectivity index (χ2n) is 7.75. The highest BCUT2D eigenvalue weighted by Gasteiger charge is 2.26. The molecule has 0 fully saturated rings. The summed E-state index contributed by atoms with van der Waals surface area (Å²) in [5.74, 6) is -1.20. The molecule has 0 bridgehead atoms. The highest BCUT2D eigenvalue weighted by Crippen LogP contribution is 2.19. The monoisotopic (exact) mass is 429 g/mol. The Morgan fingerprint density at radius 3 is 2.34 bits per heavy atom. The van der Waals surface area contributed by atoms with Crippen LogP contribution in [0.5, 0.6) is 0 Å². The molecule has 7 heteroatoms. The van der Waals surface area contributed by atoms with Gasteiger partial charge in [-0.05, 0) is 36.6 Å². The van der Waals surface area contributed by atoms with E-state index in [4.69, 9.17) is 0 Å². The molecule has 4 rings (SSSR count). The summed E-state index contributed by atoms with van der Waals surface area (Å²) >= 11 is 0. The fraction of sp³-hybridized carbons (Fsp3) is 0.200. The Bertz CT molecular complexity index is 1200. The van der Waals surface area contributed by atoms with Crippen LogP contribution in [-0.2, 0) is 17.6 Å². The molecule has 1 heterocycles. The largest absolute Gasteiger partial charge is 0.340 e. The van der Waals surface area contributed by atoms with Gasteiger partial charge in [0.25, 0.3) is 11.5 Å². The van der Waals surface area contributed by atoms with Gasteiger partial charge in [-0.15, -0.1) is 0 Å². The van der Waals surface area contributed by atoms with E-state index >= 15 is 0 Å². The maximum atomic E-state index is 13.0. The first-order valence-corrected chi connectivity index (χ1v) is 10.5. The summed E-state index contributed by atoms with van der Waals surface area (Å²) in [6, 6.07) is 18.6. The molecule has 7 nitrogen and oxygen atoms in total. The summed E-state index contributed by atoms with van der Waals surface area (Å²) in [4.78, 5) is 53.4. The zero-order valence-electron chi connectivity index (χ0n) is 17.4. The van der Waals surface area contributed by atoms with E-state index in [0.29, 0.717) is 36.2 Å². The van der Waals surface area contributed by atoms with Crippen molar-refractivity contribution in [1.82, 2.24) is 10.3 Å². The quantitative estimate of drug-likeness (QED) is 0.560. The number of fused-ring (bicyclic) bond motifs is 1. The van der Waals surface area contributed by atoms with E-state index < -0.39 is 23.4 Å². The molecule has 162 valence electrons. The lowest BCUT2D eigenvalue weighted by molar-refractivity contribution is -0.118. The summed E-state index contributed by atoms with van der Waals surface area (Å²) in [6.07, 6.45) is 1.89. The molecule has 1 aliphatic carbocycles. The van der Waals surface area contributed by atoms with E-state index in [9.17, 15) is 19.2 Å². The van der Waals surface area contributed by atoms with Gasteiger partial charge in [-0.3, -0.25) is 19.2 Å². The van der Waals surface area contributed by atoms with Crippen molar-refractivity contribution < 1.29 is 14.4 Å². The van der Waals surface area contributed by atoms with Crippen LogP contribution in [0.3, 0.4) is 0 Å². The third kappa shape index (κ3) is 4.83. The summed E-state index contributed by atoms with van der Waals surface area (Å²) < 4.78 is 0. The van der Waals surface area contributed by atoms with Gasteiger partial charge in [0.05, 0.1) is 0 Å². The smallest absolute Gasteiger partial charge is 0.261 e. The molecule has 1 aliphatic rings. The molecule has 1 unspecified atom stereocenters. The number of Topliss-reactive ketones (excluding diaryl/α,β-unsaturated/α-hetero) is 1. The molecule has 0 radical (unpaired) electrons. The maximum Gasteiger partial charge on any atom is 0.261 e. The molecular weight excluding hydrogens is 406 g/mol. The van der Waals surface area contributed by atoms with E-state index in [1.54, 1.807) is 24.3 Å². The van der Waals surface area contributed by atoms with Crippen LogP contribution in [-0.4, -0.2) is 28.6 Å². The number of ketones is 1. The minimum absolute atomic E-state index is 0.0980. The van der Waals surface area contributed by atoms with Crippen LogP contribution in [0.15, 0.2) is 71.5 Å². The van der Waals surface area contributed by atoms with Gasteiger partial charge >= 0.3 is 0 Å². The van der Waals surface area contributed by atoms with Crippen molar-refractivity contribution in [2.24, 2.45) is 0 Å². The van der Waals surface area contributed by atoms with E-state index in [1.165, 1.54) is 6.07 Å². The van der Waals surface area contributed by atoms with E-state index in [2.05, 4.69) is 15.6 Å². The number of aromatic amines is 1.